The highest BCUT2D eigenvalue weighted by Gasteiger charge is 2.22. The number of rotatable bonds is 1. The fourth-order valence-electron chi connectivity index (χ4n) is 1.48. The molecule has 1 aromatic heterocycles. The highest BCUT2D eigenvalue weighted by atomic mass is 32.2. The third kappa shape index (κ3) is 1.82. The van der Waals surface area contributed by atoms with E-state index in [1.54, 1.807) is 6.26 Å². The van der Waals surface area contributed by atoms with Crippen LogP contribution in [0.4, 0.5) is 6.01 Å². The molecule has 2 heterocycles. The van der Waals surface area contributed by atoms with E-state index in [1.165, 1.54) is 11.5 Å². The molecule has 72 valence electrons. The largest absolute Gasteiger partial charge is 0.432 e. The molecule has 4 heteroatoms. The van der Waals surface area contributed by atoms with Crippen molar-refractivity contribution in [3.63, 3.8) is 0 Å². The lowest BCUT2D eigenvalue weighted by Crippen LogP contribution is -2.40. The van der Waals surface area contributed by atoms with Gasteiger partial charge in [-0.1, -0.05) is 0 Å². The molecule has 0 radical (unpaired) electrons. The van der Waals surface area contributed by atoms with E-state index in [0.717, 1.165) is 18.3 Å². The van der Waals surface area contributed by atoms with Crippen molar-refractivity contribution in [2.24, 2.45) is 0 Å². The van der Waals surface area contributed by atoms with E-state index in [0.29, 0.717) is 6.04 Å². The van der Waals surface area contributed by atoms with Crippen LogP contribution in [0.3, 0.4) is 0 Å². The van der Waals surface area contributed by atoms with Crippen LogP contribution in [0.5, 0.6) is 0 Å². The van der Waals surface area contributed by atoms with E-state index in [2.05, 4.69) is 16.8 Å². The summed E-state index contributed by atoms with van der Waals surface area (Å²) in [7, 11) is 0. The van der Waals surface area contributed by atoms with Gasteiger partial charge in [0.05, 0.1) is 5.69 Å². The van der Waals surface area contributed by atoms with Gasteiger partial charge in [-0.2, -0.15) is 16.7 Å². The minimum atomic E-state index is 0.539. The van der Waals surface area contributed by atoms with E-state index in [-0.39, 0.29) is 0 Å². The third-order valence-electron chi connectivity index (χ3n) is 2.22. The lowest BCUT2D eigenvalue weighted by molar-refractivity contribution is 0.516. The molecule has 1 aliphatic heterocycles. The number of nitrogens with zero attached hydrogens (tertiary/aromatic N) is 2. The molecule has 2 rings (SSSR count). The van der Waals surface area contributed by atoms with Crippen LogP contribution < -0.4 is 4.90 Å². The van der Waals surface area contributed by atoms with Crippen LogP contribution in [0, 0.1) is 6.92 Å². The molecule has 1 unspecified atom stereocenters. The number of aryl methyl sites for hydroxylation is 1. The topological polar surface area (TPSA) is 29.3 Å². The normalized spacial score (nSPS) is 23.5. The molecular weight excluding hydrogens is 184 g/mol. The van der Waals surface area contributed by atoms with Crippen LogP contribution in [-0.4, -0.2) is 29.1 Å². The zero-order valence-electron chi connectivity index (χ0n) is 7.99. The van der Waals surface area contributed by atoms with Gasteiger partial charge in [-0.15, -0.1) is 0 Å². The third-order valence-corrected chi connectivity index (χ3v) is 3.41. The fourth-order valence-corrected chi connectivity index (χ4v) is 2.50. The average Bonchev–Trinajstić information content (AvgIpc) is 2.53. The second kappa shape index (κ2) is 3.62. The van der Waals surface area contributed by atoms with Crippen LogP contribution in [0.2, 0.25) is 0 Å². The van der Waals surface area contributed by atoms with Crippen molar-refractivity contribution in [2.75, 3.05) is 23.0 Å². The van der Waals surface area contributed by atoms with Crippen LogP contribution in [0.15, 0.2) is 10.7 Å². The van der Waals surface area contributed by atoms with Crippen molar-refractivity contribution in [1.82, 2.24) is 4.98 Å². The highest BCUT2D eigenvalue weighted by molar-refractivity contribution is 7.99. The van der Waals surface area contributed by atoms with Crippen molar-refractivity contribution in [1.29, 1.82) is 0 Å². The van der Waals surface area contributed by atoms with Gasteiger partial charge in [0.15, 0.2) is 0 Å². The van der Waals surface area contributed by atoms with Crippen molar-refractivity contribution in [3.05, 3.63) is 12.0 Å². The Hall–Kier alpha value is -0.640. The molecule has 1 atom stereocenters. The lowest BCUT2D eigenvalue weighted by Gasteiger charge is -2.31. The minimum Gasteiger partial charge on any atom is -0.432 e. The van der Waals surface area contributed by atoms with E-state index < -0.39 is 0 Å². The van der Waals surface area contributed by atoms with Crippen LogP contribution in [0.25, 0.3) is 0 Å². The molecule has 1 aromatic rings. The summed E-state index contributed by atoms with van der Waals surface area (Å²) in [4.78, 5) is 6.57. The minimum absolute atomic E-state index is 0.539. The first-order valence-corrected chi connectivity index (χ1v) is 5.69. The van der Waals surface area contributed by atoms with Crippen molar-refractivity contribution in [3.8, 4) is 0 Å². The molecule has 0 aromatic carbocycles. The number of hydrogen-bond donors (Lipinski definition) is 0. The summed E-state index contributed by atoms with van der Waals surface area (Å²) in [5, 5.41) is 0. The Bertz CT molecular complexity index is 287. The summed E-state index contributed by atoms with van der Waals surface area (Å²) in [5.41, 5.74) is 0.959. The Morgan fingerprint density at radius 1 is 1.69 bits per heavy atom. The maximum atomic E-state index is 5.38. The van der Waals surface area contributed by atoms with Gasteiger partial charge in [0, 0.05) is 24.1 Å². The molecule has 0 N–H and O–H groups in total. The summed E-state index contributed by atoms with van der Waals surface area (Å²) >= 11 is 2.00. The van der Waals surface area contributed by atoms with Crippen LogP contribution >= 0.6 is 11.8 Å². The number of thioether (sulfide) groups is 1. The van der Waals surface area contributed by atoms with E-state index in [1.807, 2.05) is 18.7 Å². The maximum absolute atomic E-state index is 5.38. The fraction of sp³-hybridized carbons (Fsp3) is 0.667. The molecule has 13 heavy (non-hydrogen) atoms. The number of oxazole rings is 1. The second-order valence-corrected chi connectivity index (χ2v) is 4.54. The van der Waals surface area contributed by atoms with Gasteiger partial charge in [0.2, 0.25) is 0 Å². The molecule has 0 aliphatic carbocycles. The standard InChI is InChI=1S/C9H14N2OS/c1-7-5-12-9(10-7)11-3-4-13-6-8(11)2/h5,8H,3-4,6H2,1-2H3. The molecule has 0 amide bonds. The van der Waals surface area contributed by atoms with Gasteiger partial charge in [-0.3, -0.25) is 0 Å². The van der Waals surface area contributed by atoms with Gasteiger partial charge in [-0.05, 0) is 13.8 Å². The molecule has 0 bridgehead atoms. The Balaban J connectivity index is 2.14. The summed E-state index contributed by atoms with van der Waals surface area (Å²) in [6.07, 6.45) is 1.71. The summed E-state index contributed by atoms with van der Waals surface area (Å²) in [6, 6.07) is 1.32. The molecule has 0 saturated carbocycles. The van der Waals surface area contributed by atoms with Gasteiger partial charge in [0.25, 0.3) is 6.01 Å². The quantitative estimate of drug-likeness (QED) is 0.689. The van der Waals surface area contributed by atoms with Crippen molar-refractivity contribution < 1.29 is 4.42 Å². The molecule has 1 saturated heterocycles. The Morgan fingerprint density at radius 2 is 2.54 bits per heavy atom. The summed E-state index contributed by atoms with van der Waals surface area (Å²) < 4.78 is 5.38. The highest BCUT2D eigenvalue weighted by Crippen LogP contribution is 2.22. The average molecular weight is 198 g/mol. The summed E-state index contributed by atoms with van der Waals surface area (Å²) in [6.45, 7) is 5.22. The second-order valence-electron chi connectivity index (χ2n) is 3.39. The van der Waals surface area contributed by atoms with E-state index in [4.69, 9.17) is 4.42 Å². The number of hydrogen-bond acceptors (Lipinski definition) is 4. The zero-order valence-corrected chi connectivity index (χ0v) is 8.80. The number of aromatic nitrogens is 1. The molecule has 1 aliphatic rings. The SMILES string of the molecule is Cc1coc(N2CCSCC2C)n1. The first kappa shape index (κ1) is 8.94. The van der Waals surface area contributed by atoms with Gasteiger partial charge in [-0.25, -0.2) is 0 Å². The Labute approximate surface area is 82.5 Å². The smallest absolute Gasteiger partial charge is 0.297 e. The predicted octanol–water partition coefficient (Wildman–Crippen LogP) is 1.92. The van der Waals surface area contributed by atoms with Gasteiger partial charge < -0.3 is 9.32 Å². The predicted molar refractivity (Wildman–Crippen MR) is 55.4 cm³/mol. The van der Waals surface area contributed by atoms with Gasteiger partial charge in [0.1, 0.15) is 6.26 Å². The van der Waals surface area contributed by atoms with Gasteiger partial charge >= 0.3 is 0 Å². The van der Waals surface area contributed by atoms with Crippen molar-refractivity contribution in [2.45, 2.75) is 19.9 Å². The maximum Gasteiger partial charge on any atom is 0.297 e. The van der Waals surface area contributed by atoms with Crippen LogP contribution in [0.1, 0.15) is 12.6 Å². The van der Waals surface area contributed by atoms with Crippen LogP contribution in [-0.2, 0) is 0 Å². The van der Waals surface area contributed by atoms with E-state index >= 15 is 0 Å². The van der Waals surface area contributed by atoms with Crippen molar-refractivity contribution >= 4 is 17.8 Å². The lowest BCUT2D eigenvalue weighted by atomic mass is 10.3. The Kier molecular flexibility index (Phi) is 2.49. The van der Waals surface area contributed by atoms with E-state index in [9.17, 15) is 0 Å². The monoisotopic (exact) mass is 198 g/mol. The molecular formula is C9H14N2OS. The summed E-state index contributed by atoms with van der Waals surface area (Å²) in [5.74, 6) is 2.34. The number of anilines is 1. The zero-order chi connectivity index (χ0) is 9.26. The molecule has 3 nitrogen and oxygen atoms in total. The first-order chi connectivity index (χ1) is 6.27. The molecule has 0 spiro atoms. The molecule has 1 fully saturated rings. The Morgan fingerprint density at radius 3 is 3.15 bits per heavy atom. The first-order valence-electron chi connectivity index (χ1n) is 4.54.